The molecular weight excluding hydrogens is 363 g/mol. The Kier molecular flexibility index (Phi) is 5.35. The zero-order valence-electron chi connectivity index (χ0n) is 13.4. The molecule has 0 aliphatic carbocycles. The molecule has 0 radical (unpaired) electrons. The van der Waals surface area contributed by atoms with Gasteiger partial charge in [-0.05, 0) is 37.3 Å². The van der Waals surface area contributed by atoms with Crippen molar-refractivity contribution in [3.8, 4) is 5.75 Å². The summed E-state index contributed by atoms with van der Waals surface area (Å²) in [5.41, 5.74) is 4.41. The summed E-state index contributed by atoms with van der Waals surface area (Å²) in [5, 5.41) is 7.10. The highest BCUT2D eigenvalue weighted by Gasteiger charge is 2.10. The summed E-state index contributed by atoms with van der Waals surface area (Å²) in [6.45, 7) is 2.35. The summed E-state index contributed by atoms with van der Waals surface area (Å²) in [6.07, 6.45) is 0. The highest BCUT2D eigenvalue weighted by atomic mass is 35.5. The molecule has 0 aliphatic heterocycles. The number of halogens is 2. The van der Waals surface area contributed by atoms with Crippen molar-refractivity contribution in [3.63, 3.8) is 0 Å². The van der Waals surface area contributed by atoms with Gasteiger partial charge in [-0.25, -0.2) is 9.07 Å². The average Bonchev–Trinajstić information content (AvgIpc) is 2.92. The number of rotatable bonds is 6. The van der Waals surface area contributed by atoms with Crippen molar-refractivity contribution in [3.05, 3.63) is 75.0 Å². The van der Waals surface area contributed by atoms with Crippen LogP contribution in [0, 0.1) is 17.5 Å². The van der Waals surface area contributed by atoms with Gasteiger partial charge in [0.25, 0.3) is 0 Å². The summed E-state index contributed by atoms with van der Waals surface area (Å²) in [7, 11) is 0. The molecule has 2 aromatic carbocycles. The van der Waals surface area contributed by atoms with Crippen LogP contribution in [0.5, 0.6) is 5.75 Å². The largest absolute Gasteiger partial charge is 0.488 e. The van der Waals surface area contributed by atoms with Gasteiger partial charge in [-0.3, -0.25) is 5.10 Å². The third-order valence-corrected chi connectivity index (χ3v) is 4.30. The highest BCUT2D eigenvalue weighted by Crippen LogP contribution is 2.24. The predicted octanol–water partition coefficient (Wildman–Crippen LogP) is 4.36. The maximum absolute atomic E-state index is 13.9. The molecular formula is C17H16ClFN4OS. The van der Waals surface area contributed by atoms with Crippen molar-refractivity contribution in [2.75, 3.05) is 5.43 Å². The number of ether oxygens (including phenoxy) is 1. The molecule has 0 bridgehead atoms. The third kappa shape index (κ3) is 4.00. The van der Waals surface area contributed by atoms with E-state index in [4.69, 9.17) is 28.6 Å². The second-order valence-corrected chi connectivity index (χ2v) is 6.14. The second-order valence-electron chi connectivity index (χ2n) is 5.34. The van der Waals surface area contributed by atoms with E-state index in [0.29, 0.717) is 27.7 Å². The van der Waals surface area contributed by atoms with Crippen LogP contribution in [0.25, 0.3) is 0 Å². The van der Waals surface area contributed by atoms with E-state index in [2.05, 4.69) is 15.6 Å². The number of hydrogen-bond acceptors (Lipinski definition) is 4. The fraction of sp³-hybridized carbons (Fsp3) is 0.176. The van der Waals surface area contributed by atoms with Gasteiger partial charge in [-0.2, -0.15) is 5.10 Å². The molecule has 130 valence electrons. The van der Waals surface area contributed by atoms with Gasteiger partial charge >= 0.3 is 0 Å². The SMILES string of the molecule is Cc1n[nH]c(=S)n1NCc1ccccc1OCc1c(F)cccc1Cl. The first-order chi connectivity index (χ1) is 12.1. The van der Waals surface area contributed by atoms with Gasteiger partial charge in [0.05, 0.1) is 11.6 Å². The Morgan fingerprint density at radius 1 is 1.28 bits per heavy atom. The van der Waals surface area contributed by atoms with Crippen LogP contribution in [0.15, 0.2) is 42.5 Å². The molecule has 0 fully saturated rings. The van der Waals surface area contributed by atoms with Gasteiger partial charge in [-0.1, -0.05) is 35.9 Å². The molecule has 25 heavy (non-hydrogen) atoms. The van der Waals surface area contributed by atoms with E-state index in [1.54, 1.807) is 16.8 Å². The number of H-pyrrole nitrogens is 1. The van der Waals surface area contributed by atoms with Gasteiger partial charge < -0.3 is 10.2 Å². The first kappa shape index (κ1) is 17.4. The quantitative estimate of drug-likeness (QED) is 0.625. The van der Waals surface area contributed by atoms with Gasteiger partial charge in [0, 0.05) is 11.1 Å². The molecule has 0 spiro atoms. The van der Waals surface area contributed by atoms with Crippen molar-refractivity contribution >= 4 is 23.8 Å². The molecule has 0 aliphatic rings. The van der Waals surface area contributed by atoms with Gasteiger partial charge in [0.1, 0.15) is 24.0 Å². The lowest BCUT2D eigenvalue weighted by Gasteiger charge is -2.14. The fourth-order valence-corrected chi connectivity index (χ4v) is 2.80. The van der Waals surface area contributed by atoms with Gasteiger partial charge in [-0.15, -0.1) is 0 Å². The Morgan fingerprint density at radius 3 is 2.80 bits per heavy atom. The summed E-state index contributed by atoms with van der Waals surface area (Å²) < 4.78 is 21.8. The first-order valence-electron chi connectivity index (χ1n) is 7.57. The van der Waals surface area contributed by atoms with Gasteiger partial charge in [0.2, 0.25) is 4.77 Å². The Hall–Kier alpha value is -2.38. The molecule has 5 nitrogen and oxygen atoms in total. The van der Waals surface area contributed by atoms with E-state index >= 15 is 0 Å². The molecule has 8 heteroatoms. The minimum atomic E-state index is -0.386. The lowest BCUT2D eigenvalue weighted by atomic mass is 10.2. The molecule has 2 N–H and O–H groups in total. The first-order valence-corrected chi connectivity index (χ1v) is 8.36. The monoisotopic (exact) mass is 378 g/mol. The lowest BCUT2D eigenvalue weighted by molar-refractivity contribution is 0.297. The molecule has 1 aromatic heterocycles. The maximum atomic E-state index is 13.9. The number of nitrogens with one attached hydrogen (secondary N) is 2. The maximum Gasteiger partial charge on any atom is 0.214 e. The van der Waals surface area contributed by atoms with E-state index in [1.807, 2.05) is 31.2 Å². The number of aromatic nitrogens is 3. The van der Waals surface area contributed by atoms with Crippen molar-refractivity contribution in [1.82, 2.24) is 14.9 Å². The molecule has 3 rings (SSSR count). The van der Waals surface area contributed by atoms with Crippen LogP contribution in [0.1, 0.15) is 17.0 Å². The zero-order chi connectivity index (χ0) is 17.8. The zero-order valence-corrected chi connectivity index (χ0v) is 15.0. The lowest BCUT2D eigenvalue weighted by Crippen LogP contribution is -2.16. The van der Waals surface area contributed by atoms with E-state index in [0.717, 1.165) is 11.4 Å². The summed E-state index contributed by atoms with van der Waals surface area (Å²) in [6, 6.07) is 12.1. The molecule has 0 saturated carbocycles. The predicted molar refractivity (Wildman–Crippen MR) is 97.4 cm³/mol. The number of aryl methyl sites for hydroxylation is 1. The number of nitrogens with zero attached hydrogens (tertiary/aromatic N) is 2. The van der Waals surface area contributed by atoms with Gasteiger partial charge in [0.15, 0.2) is 0 Å². The van der Waals surface area contributed by atoms with Crippen molar-refractivity contribution < 1.29 is 9.13 Å². The van der Waals surface area contributed by atoms with Crippen molar-refractivity contribution in [2.45, 2.75) is 20.1 Å². The summed E-state index contributed by atoms with van der Waals surface area (Å²) in [4.78, 5) is 0. The molecule has 1 heterocycles. The normalized spacial score (nSPS) is 10.7. The number of benzene rings is 2. The fourth-order valence-electron chi connectivity index (χ4n) is 2.34. The van der Waals surface area contributed by atoms with Crippen LogP contribution in [0.2, 0.25) is 5.02 Å². The molecule has 0 saturated heterocycles. The van der Waals surface area contributed by atoms with Crippen molar-refractivity contribution in [1.29, 1.82) is 0 Å². The minimum Gasteiger partial charge on any atom is -0.488 e. The summed E-state index contributed by atoms with van der Waals surface area (Å²) in [5.74, 6) is 0.979. The Bertz CT molecular complexity index is 920. The number of aromatic amines is 1. The van der Waals surface area contributed by atoms with Crippen LogP contribution in [0.3, 0.4) is 0 Å². The van der Waals surface area contributed by atoms with E-state index in [9.17, 15) is 4.39 Å². The minimum absolute atomic E-state index is 0.0483. The Labute approximate surface area is 154 Å². The number of para-hydroxylation sites is 1. The molecule has 0 atom stereocenters. The van der Waals surface area contributed by atoms with Crippen molar-refractivity contribution in [2.24, 2.45) is 0 Å². The average molecular weight is 379 g/mol. The number of hydrogen-bond donors (Lipinski definition) is 2. The molecule has 0 unspecified atom stereocenters. The van der Waals surface area contributed by atoms with Crippen LogP contribution in [-0.4, -0.2) is 14.9 Å². The van der Waals surface area contributed by atoms with Crippen LogP contribution in [-0.2, 0) is 13.2 Å². The van der Waals surface area contributed by atoms with Crippen LogP contribution < -0.4 is 10.2 Å². The van der Waals surface area contributed by atoms with Crippen LogP contribution >= 0.6 is 23.8 Å². The Morgan fingerprint density at radius 2 is 2.08 bits per heavy atom. The van der Waals surface area contributed by atoms with E-state index < -0.39 is 0 Å². The standard InChI is InChI=1S/C17H16ClFN4OS/c1-11-21-22-17(25)23(11)20-9-12-5-2-3-8-16(12)24-10-13-14(18)6-4-7-15(13)19/h2-8,20H,9-10H2,1H3,(H,22,25). The van der Waals surface area contributed by atoms with E-state index in [1.165, 1.54) is 6.07 Å². The van der Waals surface area contributed by atoms with Crippen LogP contribution in [0.4, 0.5) is 4.39 Å². The summed E-state index contributed by atoms with van der Waals surface area (Å²) >= 11 is 11.2. The molecule has 0 amide bonds. The molecule has 3 aromatic rings. The van der Waals surface area contributed by atoms with E-state index in [-0.39, 0.29) is 12.4 Å². The second kappa shape index (κ2) is 7.67. The highest BCUT2D eigenvalue weighted by molar-refractivity contribution is 7.71. The topological polar surface area (TPSA) is 54.9 Å². The Balaban J connectivity index is 1.74. The smallest absolute Gasteiger partial charge is 0.214 e. The third-order valence-electron chi connectivity index (χ3n) is 3.67.